The molecule has 1 atom stereocenters. The van der Waals surface area contributed by atoms with Crippen molar-refractivity contribution in [3.8, 4) is 0 Å². The average Bonchev–Trinajstić information content (AvgIpc) is 2.07. The predicted molar refractivity (Wildman–Crippen MR) is 39.2 cm³/mol. The van der Waals surface area contributed by atoms with Crippen molar-refractivity contribution in [1.82, 2.24) is 5.32 Å². The van der Waals surface area contributed by atoms with Crippen molar-refractivity contribution >= 4 is 6.47 Å². The summed E-state index contributed by atoms with van der Waals surface area (Å²) in [6, 6.07) is 0.351. The Morgan fingerprint density at radius 1 is 1.73 bits per heavy atom. The van der Waals surface area contributed by atoms with Gasteiger partial charge in [0.2, 0.25) is 0 Å². The van der Waals surface area contributed by atoms with Crippen molar-refractivity contribution in [3.05, 3.63) is 0 Å². The van der Waals surface area contributed by atoms with E-state index in [0.717, 1.165) is 26.2 Å². The van der Waals surface area contributed by atoms with Crippen LogP contribution in [0.25, 0.3) is 0 Å². The summed E-state index contributed by atoms with van der Waals surface area (Å²) in [4.78, 5) is 9.77. The Morgan fingerprint density at radius 3 is 3.27 bits per heavy atom. The number of hydrogen-bond acceptors (Lipinski definition) is 4. The third-order valence-corrected chi connectivity index (χ3v) is 1.65. The van der Waals surface area contributed by atoms with Crippen molar-refractivity contribution in [1.29, 1.82) is 0 Å². The Kier molecular flexibility index (Phi) is 3.93. The third kappa shape index (κ3) is 3.34. The highest BCUT2D eigenvalue weighted by atomic mass is 16.5. The van der Waals surface area contributed by atoms with Gasteiger partial charge in [-0.25, -0.2) is 0 Å². The molecule has 0 aromatic carbocycles. The number of morpholine rings is 1. The van der Waals surface area contributed by atoms with Crippen molar-refractivity contribution in [2.75, 3.05) is 26.4 Å². The lowest BCUT2D eigenvalue weighted by molar-refractivity contribution is -0.129. The molecular formula is C7H13NO3. The van der Waals surface area contributed by atoms with Gasteiger partial charge in [-0.15, -0.1) is 0 Å². The summed E-state index contributed by atoms with van der Waals surface area (Å²) in [6.45, 7) is 3.35. The first kappa shape index (κ1) is 8.49. The standard InChI is InChI=1S/C7H13NO3/c9-6-11-3-1-7-5-10-4-2-8-7/h6-8H,1-5H2. The predicted octanol–water partition coefficient (Wildman–Crippen LogP) is -0.462. The molecule has 0 aromatic rings. The first-order valence-corrected chi connectivity index (χ1v) is 3.80. The number of rotatable bonds is 4. The second-order valence-corrected chi connectivity index (χ2v) is 2.48. The Hall–Kier alpha value is -0.610. The van der Waals surface area contributed by atoms with Crippen LogP contribution in [0.4, 0.5) is 0 Å². The molecule has 4 nitrogen and oxygen atoms in total. The molecule has 0 radical (unpaired) electrons. The van der Waals surface area contributed by atoms with Gasteiger partial charge in [-0.05, 0) is 6.42 Å². The molecule has 1 aliphatic heterocycles. The zero-order chi connectivity index (χ0) is 7.94. The molecule has 1 aliphatic rings. The summed E-state index contributed by atoms with van der Waals surface area (Å²) in [5, 5.41) is 3.26. The molecule has 0 saturated carbocycles. The van der Waals surface area contributed by atoms with E-state index in [1.54, 1.807) is 0 Å². The van der Waals surface area contributed by atoms with Crippen LogP contribution in [0.1, 0.15) is 6.42 Å². The molecule has 1 rings (SSSR count). The van der Waals surface area contributed by atoms with Crippen molar-refractivity contribution in [2.45, 2.75) is 12.5 Å². The summed E-state index contributed by atoms with van der Waals surface area (Å²) in [5.41, 5.74) is 0. The Labute approximate surface area is 65.9 Å². The Bertz CT molecular complexity index is 112. The molecule has 0 bridgehead atoms. The quantitative estimate of drug-likeness (QED) is 0.445. The maximum Gasteiger partial charge on any atom is 0.293 e. The molecule has 1 heterocycles. The van der Waals surface area contributed by atoms with E-state index < -0.39 is 0 Å². The summed E-state index contributed by atoms with van der Waals surface area (Å²) < 4.78 is 9.77. The van der Waals surface area contributed by atoms with Gasteiger partial charge < -0.3 is 14.8 Å². The molecule has 1 saturated heterocycles. The normalized spacial score (nSPS) is 24.5. The average molecular weight is 159 g/mol. The molecule has 11 heavy (non-hydrogen) atoms. The van der Waals surface area contributed by atoms with E-state index >= 15 is 0 Å². The molecule has 1 N–H and O–H groups in total. The Balaban J connectivity index is 2.00. The van der Waals surface area contributed by atoms with Gasteiger partial charge in [-0.2, -0.15) is 0 Å². The number of carbonyl (C=O) groups excluding carboxylic acids is 1. The van der Waals surface area contributed by atoms with Gasteiger partial charge in [0.15, 0.2) is 0 Å². The molecule has 1 unspecified atom stereocenters. The van der Waals surface area contributed by atoms with E-state index in [2.05, 4.69) is 10.1 Å². The highest BCUT2D eigenvalue weighted by Gasteiger charge is 2.11. The number of ether oxygens (including phenoxy) is 2. The Morgan fingerprint density at radius 2 is 2.64 bits per heavy atom. The van der Waals surface area contributed by atoms with E-state index in [0.29, 0.717) is 19.1 Å². The molecule has 0 spiro atoms. The van der Waals surface area contributed by atoms with E-state index in [4.69, 9.17) is 4.74 Å². The van der Waals surface area contributed by atoms with Gasteiger partial charge in [-0.3, -0.25) is 4.79 Å². The smallest absolute Gasteiger partial charge is 0.293 e. The number of carbonyl (C=O) groups is 1. The highest BCUT2D eigenvalue weighted by molar-refractivity contribution is 5.36. The lowest BCUT2D eigenvalue weighted by atomic mass is 10.2. The minimum Gasteiger partial charge on any atom is -0.468 e. The van der Waals surface area contributed by atoms with Crippen LogP contribution in [0.3, 0.4) is 0 Å². The van der Waals surface area contributed by atoms with Gasteiger partial charge in [-0.1, -0.05) is 0 Å². The van der Waals surface area contributed by atoms with Crippen LogP contribution >= 0.6 is 0 Å². The maximum absolute atomic E-state index is 9.77. The SMILES string of the molecule is O=COCCC1COCCN1. The first-order chi connectivity index (χ1) is 5.43. The van der Waals surface area contributed by atoms with Gasteiger partial charge in [0.25, 0.3) is 6.47 Å². The summed E-state index contributed by atoms with van der Waals surface area (Å²) >= 11 is 0. The topological polar surface area (TPSA) is 47.6 Å². The fraction of sp³-hybridized carbons (Fsp3) is 0.857. The van der Waals surface area contributed by atoms with Gasteiger partial charge in [0.05, 0.1) is 19.8 Å². The van der Waals surface area contributed by atoms with Crippen LogP contribution in [0.15, 0.2) is 0 Å². The number of hydrogen-bond donors (Lipinski definition) is 1. The van der Waals surface area contributed by atoms with E-state index in [-0.39, 0.29) is 0 Å². The molecule has 1 fully saturated rings. The molecule has 64 valence electrons. The fourth-order valence-electron chi connectivity index (χ4n) is 1.06. The largest absolute Gasteiger partial charge is 0.468 e. The minimum absolute atomic E-state index is 0.351. The number of nitrogens with one attached hydrogen (secondary N) is 1. The zero-order valence-electron chi connectivity index (χ0n) is 6.41. The van der Waals surface area contributed by atoms with Crippen molar-refractivity contribution in [2.24, 2.45) is 0 Å². The van der Waals surface area contributed by atoms with Crippen molar-refractivity contribution < 1.29 is 14.3 Å². The van der Waals surface area contributed by atoms with E-state index in [9.17, 15) is 4.79 Å². The molecule has 4 heteroatoms. The maximum atomic E-state index is 9.77. The first-order valence-electron chi connectivity index (χ1n) is 3.80. The van der Waals surface area contributed by atoms with Crippen LogP contribution < -0.4 is 5.32 Å². The van der Waals surface area contributed by atoms with Crippen LogP contribution in [-0.4, -0.2) is 38.9 Å². The molecule has 0 aromatic heterocycles. The highest BCUT2D eigenvalue weighted by Crippen LogP contribution is 1.97. The van der Waals surface area contributed by atoms with Crippen LogP contribution in [0.5, 0.6) is 0 Å². The van der Waals surface area contributed by atoms with E-state index in [1.165, 1.54) is 0 Å². The van der Waals surface area contributed by atoms with Crippen LogP contribution in [0.2, 0.25) is 0 Å². The minimum atomic E-state index is 0.351. The lowest BCUT2D eigenvalue weighted by Crippen LogP contribution is -2.41. The monoisotopic (exact) mass is 159 g/mol. The summed E-state index contributed by atoms with van der Waals surface area (Å²) in [5.74, 6) is 0. The van der Waals surface area contributed by atoms with Gasteiger partial charge in [0, 0.05) is 12.6 Å². The van der Waals surface area contributed by atoms with Crippen LogP contribution in [-0.2, 0) is 14.3 Å². The molecule has 0 amide bonds. The van der Waals surface area contributed by atoms with Gasteiger partial charge >= 0.3 is 0 Å². The lowest BCUT2D eigenvalue weighted by Gasteiger charge is -2.23. The molecular weight excluding hydrogens is 146 g/mol. The zero-order valence-corrected chi connectivity index (χ0v) is 6.41. The van der Waals surface area contributed by atoms with Crippen LogP contribution in [0, 0.1) is 0 Å². The van der Waals surface area contributed by atoms with Crippen molar-refractivity contribution in [3.63, 3.8) is 0 Å². The van der Waals surface area contributed by atoms with Gasteiger partial charge in [0.1, 0.15) is 0 Å². The third-order valence-electron chi connectivity index (χ3n) is 1.65. The second-order valence-electron chi connectivity index (χ2n) is 2.48. The summed E-state index contributed by atoms with van der Waals surface area (Å²) in [6.07, 6.45) is 0.832. The molecule has 0 aliphatic carbocycles. The fourth-order valence-corrected chi connectivity index (χ4v) is 1.06. The second kappa shape index (κ2) is 5.09. The summed E-state index contributed by atoms with van der Waals surface area (Å²) in [7, 11) is 0. The van der Waals surface area contributed by atoms with E-state index in [1.807, 2.05) is 0 Å².